The molecular formula is C19H26N2O2S. The Bertz CT molecular complexity index is 558. The molecule has 1 heterocycles. The molecule has 24 heavy (non-hydrogen) atoms. The molecule has 0 atom stereocenters. The van der Waals surface area contributed by atoms with Crippen molar-refractivity contribution in [2.75, 3.05) is 25.4 Å². The van der Waals surface area contributed by atoms with E-state index >= 15 is 0 Å². The molecule has 2 fully saturated rings. The van der Waals surface area contributed by atoms with E-state index in [2.05, 4.69) is 12.1 Å². The molecule has 1 aliphatic carbocycles. The summed E-state index contributed by atoms with van der Waals surface area (Å²) in [6.07, 6.45) is 5.26. The third-order valence-corrected chi connectivity index (χ3v) is 5.98. The summed E-state index contributed by atoms with van der Waals surface area (Å²) in [5.74, 6) is 2.00. The summed E-state index contributed by atoms with van der Waals surface area (Å²) in [6, 6.07) is 10.7. The second-order valence-electron chi connectivity index (χ2n) is 6.63. The molecule has 0 N–H and O–H groups in total. The van der Waals surface area contributed by atoms with Crippen LogP contribution in [0.5, 0.6) is 0 Å². The van der Waals surface area contributed by atoms with Gasteiger partial charge in [0.15, 0.2) is 0 Å². The van der Waals surface area contributed by atoms with Crippen LogP contribution in [0.2, 0.25) is 0 Å². The summed E-state index contributed by atoms with van der Waals surface area (Å²) in [5, 5.41) is 0. The van der Waals surface area contributed by atoms with Crippen LogP contribution in [0.1, 0.15) is 37.7 Å². The maximum absolute atomic E-state index is 12.3. The van der Waals surface area contributed by atoms with Gasteiger partial charge in [0, 0.05) is 37.1 Å². The molecule has 4 nitrogen and oxygen atoms in total. The Morgan fingerprint density at radius 2 is 1.88 bits per heavy atom. The molecule has 1 saturated heterocycles. The van der Waals surface area contributed by atoms with E-state index in [1.54, 1.807) is 16.7 Å². The summed E-state index contributed by atoms with van der Waals surface area (Å²) in [5.41, 5.74) is 1.29. The summed E-state index contributed by atoms with van der Waals surface area (Å²) in [4.78, 5) is 28.4. The van der Waals surface area contributed by atoms with E-state index in [-0.39, 0.29) is 18.4 Å². The normalized spacial score (nSPS) is 19.1. The topological polar surface area (TPSA) is 40.6 Å². The van der Waals surface area contributed by atoms with Gasteiger partial charge in [-0.25, -0.2) is 0 Å². The van der Waals surface area contributed by atoms with Crippen molar-refractivity contribution in [3.63, 3.8) is 0 Å². The van der Waals surface area contributed by atoms with Crippen LogP contribution in [-0.2, 0) is 15.3 Å². The van der Waals surface area contributed by atoms with Crippen LogP contribution < -0.4 is 0 Å². The van der Waals surface area contributed by atoms with Gasteiger partial charge < -0.3 is 9.80 Å². The Kier molecular flexibility index (Phi) is 6.18. The first kappa shape index (κ1) is 17.3. The van der Waals surface area contributed by atoms with Gasteiger partial charge in [0.25, 0.3) is 0 Å². The first-order valence-electron chi connectivity index (χ1n) is 8.93. The number of hydrogen-bond acceptors (Lipinski definition) is 3. The third kappa shape index (κ3) is 4.53. The molecule has 1 aliphatic heterocycles. The Morgan fingerprint density at radius 3 is 2.58 bits per heavy atom. The van der Waals surface area contributed by atoms with Crippen molar-refractivity contribution in [2.45, 2.75) is 43.9 Å². The molecule has 0 aromatic heterocycles. The minimum absolute atomic E-state index is 0.120. The van der Waals surface area contributed by atoms with Crippen molar-refractivity contribution in [3.05, 3.63) is 35.9 Å². The number of benzene rings is 1. The van der Waals surface area contributed by atoms with E-state index in [0.29, 0.717) is 25.6 Å². The van der Waals surface area contributed by atoms with Crippen molar-refractivity contribution in [1.82, 2.24) is 9.80 Å². The van der Waals surface area contributed by atoms with E-state index in [9.17, 15) is 9.59 Å². The van der Waals surface area contributed by atoms with Gasteiger partial charge in [-0.3, -0.25) is 9.59 Å². The van der Waals surface area contributed by atoms with Crippen LogP contribution >= 0.6 is 11.8 Å². The Balaban J connectivity index is 1.37. The van der Waals surface area contributed by atoms with Crippen LogP contribution in [0.15, 0.2) is 30.3 Å². The van der Waals surface area contributed by atoms with Gasteiger partial charge in [-0.05, 0) is 18.4 Å². The number of carbonyl (C=O) groups excluding carboxylic acids is 2. The molecule has 1 aromatic carbocycles. The fourth-order valence-corrected chi connectivity index (χ4v) is 4.47. The highest BCUT2D eigenvalue weighted by Gasteiger charge is 2.32. The minimum Gasteiger partial charge on any atom is -0.336 e. The summed E-state index contributed by atoms with van der Waals surface area (Å²) in [6.45, 7) is 1.69. The number of hydrogen-bond donors (Lipinski definition) is 0. The van der Waals surface area contributed by atoms with Crippen LogP contribution in [0.3, 0.4) is 0 Å². The summed E-state index contributed by atoms with van der Waals surface area (Å²) >= 11 is 1.78. The molecule has 2 aliphatic rings. The van der Waals surface area contributed by atoms with Gasteiger partial charge in [0.2, 0.25) is 11.8 Å². The van der Waals surface area contributed by atoms with Crippen molar-refractivity contribution in [1.29, 1.82) is 0 Å². The quantitative estimate of drug-likeness (QED) is 0.744. The molecule has 2 amide bonds. The van der Waals surface area contributed by atoms with Gasteiger partial charge in [0.05, 0.1) is 6.54 Å². The lowest BCUT2D eigenvalue weighted by Crippen LogP contribution is -2.54. The van der Waals surface area contributed by atoms with Gasteiger partial charge >= 0.3 is 0 Å². The molecule has 1 saturated carbocycles. The zero-order valence-corrected chi connectivity index (χ0v) is 15.0. The van der Waals surface area contributed by atoms with Crippen LogP contribution in [0.25, 0.3) is 0 Å². The lowest BCUT2D eigenvalue weighted by molar-refractivity contribution is -0.146. The average molecular weight is 346 g/mol. The van der Waals surface area contributed by atoms with Crippen LogP contribution in [-0.4, -0.2) is 53.0 Å². The fourth-order valence-electron chi connectivity index (χ4n) is 3.58. The smallest absolute Gasteiger partial charge is 0.242 e. The number of amides is 2. The highest BCUT2D eigenvalue weighted by molar-refractivity contribution is 7.98. The van der Waals surface area contributed by atoms with Gasteiger partial charge in [-0.15, -0.1) is 0 Å². The van der Waals surface area contributed by atoms with E-state index in [1.165, 1.54) is 18.4 Å². The zero-order valence-electron chi connectivity index (χ0n) is 14.2. The zero-order chi connectivity index (χ0) is 16.8. The maximum atomic E-state index is 12.3. The van der Waals surface area contributed by atoms with Crippen molar-refractivity contribution < 1.29 is 9.59 Å². The number of thioether (sulfide) groups is 1. The predicted octanol–water partition coefficient (Wildman–Crippen LogP) is 2.92. The molecule has 130 valence electrons. The summed E-state index contributed by atoms with van der Waals surface area (Å²) in [7, 11) is 0. The first-order valence-corrected chi connectivity index (χ1v) is 10.1. The second kappa shape index (κ2) is 8.56. The Morgan fingerprint density at radius 1 is 1.12 bits per heavy atom. The molecule has 0 bridgehead atoms. The molecule has 0 radical (unpaired) electrons. The van der Waals surface area contributed by atoms with E-state index in [4.69, 9.17) is 0 Å². The fraction of sp³-hybridized carbons (Fsp3) is 0.579. The summed E-state index contributed by atoms with van der Waals surface area (Å²) < 4.78 is 0. The predicted molar refractivity (Wildman–Crippen MR) is 97.8 cm³/mol. The second-order valence-corrected chi connectivity index (χ2v) is 7.73. The van der Waals surface area contributed by atoms with E-state index in [1.807, 2.05) is 23.1 Å². The minimum atomic E-state index is 0.120. The van der Waals surface area contributed by atoms with E-state index in [0.717, 1.165) is 24.3 Å². The number of nitrogens with zero attached hydrogens (tertiary/aromatic N) is 2. The number of rotatable bonds is 6. The molecule has 1 aromatic rings. The molecular weight excluding hydrogens is 320 g/mol. The van der Waals surface area contributed by atoms with Crippen LogP contribution in [0.4, 0.5) is 0 Å². The van der Waals surface area contributed by atoms with Gasteiger partial charge in [0.1, 0.15) is 0 Å². The molecule has 0 unspecified atom stereocenters. The standard InChI is InChI=1S/C19H26N2O2S/c22-18(10-13-24-15-16-6-2-1-3-7-16)20-11-12-21(19(23)14-20)17-8-4-5-9-17/h1-3,6-7,17H,4-5,8-15H2. The third-order valence-electron chi connectivity index (χ3n) is 4.95. The van der Waals surface area contributed by atoms with Gasteiger partial charge in [-0.1, -0.05) is 43.2 Å². The molecule has 0 spiro atoms. The highest BCUT2D eigenvalue weighted by Crippen LogP contribution is 2.25. The molecule has 3 rings (SSSR count). The monoisotopic (exact) mass is 346 g/mol. The van der Waals surface area contributed by atoms with E-state index < -0.39 is 0 Å². The lowest BCUT2D eigenvalue weighted by atomic mass is 10.1. The van der Waals surface area contributed by atoms with Crippen molar-refractivity contribution in [2.24, 2.45) is 0 Å². The van der Waals surface area contributed by atoms with Gasteiger partial charge in [-0.2, -0.15) is 11.8 Å². The first-order chi connectivity index (χ1) is 11.7. The maximum Gasteiger partial charge on any atom is 0.242 e. The lowest BCUT2D eigenvalue weighted by Gasteiger charge is -2.37. The highest BCUT2D eigenvalue weighted by atomic mass is 32.2. The Hall–Kier alpha value is -1.49. The molecule has 5 heteroatoms. The van der Waals surface area contributed by atoms with Crippen molar-refractivity contribution >= 4 is 23.6 Å². The van der Waals surface area contributed by atoms with Crippen molar-refractivity contribution in [3.8, 4) is 0 Å². The number of piperazine rings is 1. The average Bonchev–Trinajstić information content (AvgIpc) is 3.13. The van der Waals surface area contributed by atoms with Crippen LogP contribution in [0, 0.1) is 0 Å². The SMILES string of the molecule is O=C(CCSCc1ccccc1)N1CCN(C2CCCC2)C(=O)C1. The Labute approximate surface area is 148 Å². The largest absolute Gasteiger partial charge is 0.336 e. The number of carbonyl (C=O) groups is 2.